The summed E-state index contributed by atoms with van der Waals surface area (Å²) in [5.74, 6) is 0.403. The van der Waals surface area contributed by atoms with Gasteiger partial charge in [0.05, 0.1) is 11.2 Å². The van der Waals surface area contributed by atoms with Crippen LogP contribution in [0.25, 0.3) is 10.9 Å². The van der Waals surface area contributed by atoms with Crippen LogP contribution in [-0.4, -0.2) is 23.2 Å². The predicted molar refractivity (Wildman–Crippen MR) is 78.9 cm³/mol. The zero-order valence-corrected chi connectivity index (χ0v) is 11.5. The molecule has 0 aliphatic carbocycles. The summed E-state index contributed by atoms with van der Waals surface area (Å²) in [6.07, 6.45) is 2.16. The van der Waals surface area contributed by atoms with Gasteiger partial charge in [0.1, 0.15) is 0 Å². The van der Waals surface area contributed by atoms with Crippen LogP contribution in [0.3, 0.4) is 0 Å². The van der Waals surface area contributed by atoms with Gasteiger partial charge in [0.15, 0.2) is 0 Å². The van der Waals surface area contributed by atoms with Crippen molar-refractivity contribution in [2.24, 2.45) is 5.92 Å². The van der Waals surface area contributed by atoms with Crippen LogP contribution >= 0.6 is 0 Å². The molecule has 0 bridgehead atoms. The first-order chi connectivity index (χ1) is 9.29. The predicted octanol–water partition coefficient (Wildman–Crippen LogP) is 2.73. The van der Waals surface area contributed by atoms with Crippen molar-refractivity contribution in [1.29, 1.82) is 0 Å². The van der Waals surface area contributed by atoms with Crippen molar-refractivity contribution in [2.45, 2.75) is 26.3 Å². The van der Waals surface area contributed by atoms with Gasteiger partial charge in [-0.25, -0.2) is 0 Å². The van der Waals surface area contributed by atoms with E-state index in [1.54, 1.807) is 0 Å². The lowest BCUT2D eigenvalue weighted by Gasteiger charge is -2.08. The number of pyridine rings is 1. The SMILES string of the molecule is CC(CO)CCCNCc1ccc2ccccc2n1. The lowest BCUT2D eigenvalue weighted by Crippen LogP contribution is -2.16. The van der Waals surface area contributed by atoms with Crippen LogP contribution in [0.4, 0.5) is 0 Å². The second-order valence-electron chi connectivity index (χ2n) is 5.10. The van der Waals surface area contributed by atoms with Crippen molar-refractivity contribution < 1.29 is 5.11 Å². The van der Waals surface area contributed by atoms with Crippen LogP contribution in [0.5, 0.6) is 0 Å². The van der Waals surface area contributed by atoms with E-state index in [1.807, 2.05) is 18.2 Å². The van der Waals surface area contributed by atoms with Gasteiger partial charge >= 0.3 is 0 Å². The maximum atomic E-state index is 8.94. The minimum Gasteiger partial charge on any atom is -0.396 e. The second-order valence-corrected chi connectivity index (χ2v) is 5.10. The molecule has 2 aromatic rings. The Morgan fingerprint density at radius 1 is 1.21 bits per heavy atom. The van der Waals surface area contributed by atoms with E-state index in [1.165, 1.54) is 5.39 Å². The average molecular weight is 258 g/mol. The zero-order valence-electron chi connectivity index (χ0n) is 11.5. The normalized spacial score (nSPS) is 12.7. The van der Waals surface area contributed by atoms with E-state index in [0.29, 0.717) is 5.92 Å². The third kappa shape index (κ3) is 4.30. The summed E-state index contributed by atoms with van der Waals surface area (Å²) in [6, 6.07) is 12.4. The Morgan fingerprint density at radius 3 is 2.89 bits per heavy atom. The molecule has 3 nitrogen and oxygen atoms in total. The molecule has 0 fully saturated rings. The van der Waals surface area contributed by atoms with E-state index in [9.17, 15) is 0 Å². The van der Waals surface area contributed by atoms with Crippen molar-refractivity contribution in [1.82, 2.24) is 10.3 Å². The summed E-state index contributed by atoms with van der Waals surface area (Å²) in [5, 5.41) is 13.5. The quantitative estimate of drug-likeness (QED) is 0.751. The van der Waals surface area contributed by atoms with E-state index in [4.69, 9.17) is 5.11 Å². The van der Waals surface area contributed by atoms with Crippen LogP contribution < -0.4 is 5.32 Å². The Kier molecular flexibility index (Phi) is 5.31. The Hall–Kier alpha value is -1.45. The molecule has 0 saturated carbocycles. The fraction of sp³-hybridized carbons (Fsp3) is 0.438. The molecule has 1 heterocycles. The maximum absolute atomic E-state index is 8.94. The first kappa shape index (κ1) is 14.0. The average Bonchev–Trinajstić information content (AvgIpc) is 2.46. The molecule has 1 atom stereocenters. The lowest BCUT2D eigenvalue weighted by molar-refractivity contribution is 0.228. The first-order valence-electron chi connectivity index (χ1n) is 6.96. The van der Waals surface area contributed by atoms with Gasteiger partial charge in [-0.15, -0.1) is 0 Å². The van der Waals surface area contributed by atoms with E-state index in [0.717, 1.165) is 37.1 Å². The van der Waals surface area contributed by atoms with Gasteiger partial charge in [-0.2, -0.15) is 0 Å². The molecule has 2 rings (SSSR count). The molecule has 3 heteroatoms. The summed E-state index contributed by atoms with van der Waals surface area (Å²) < 4.78 is 0. The summed E-state index contributed by atoms with van der Waals surface area (Å²) in [4.78, 5) is 4.62. The number of aliphatic hydroxyl groups excluding tert-OH is 1. The van der Waals surface area contributed by atoms with Crippen LogP contribution in [-0.2, 0) is 6.54 Å². The molecule has 102 valence electrons. The monoisotopic (exact) mass is 258 g/mol. The van der Waals surface area contributed by atoms with E-state index in [-0.39, 0.29) is 6.61 Å². The van der Waals surface area contributed by atoms with Crippen LogP contribution in [0, 0.1) is 5.92 Å². The summed E-state index contributed by atoms with van der Waals surface area (Å²) in [5.41, 5.74) is 2.13. The number of hydrogen-bond acceptors (Lipinski definition) is 3. The van der Waals surface area contributed by atoms with Crippen molar-refractivity contribution in [3.8, 4) is 0 Å². The number of rotatable bonds is 7. The summed E-state index contributed by atoms with van der Waals surface area (Å²) in [7, 11) is 0. The number of fused-ring (bicyclic) bond motifs is 1. The second kappa shape index (κ2) is 7.22. The molecule has 0 amide bonds. The highest BCUT2D eigenvalue weighted by atomic mass is 16.3. The van der Waals surface area contributed by atoms with Gasteiger partial charge in [-0.1, -0.05) is 31.2 Å². The minimum atomic E-state index is 0.284. The third-order valence-corrected chi connectivity index (χ3v) is 3.32. The van der Waals surface area contributed by atoms with Gasteiger partial charge in [0.2, 0.25) is 0 Å². The molecule has 19 heavy (non-hydrogen) atoms. The van der Waals surface area contributed by atoms with Crippen LogP contribution in [0.2, 0.25) is 0 Å². The Labute approximate surface area is 114 Å². The number of benzene rings is 1. The maximum Gasteiger partial charge on any atom is 0.0705 e. The molecule has 0 aliphatic heterocycles. The number of para-hydroxylation sites is 1. The number of aromatic nitrogens is 1. The smallest absolute Gasteiger partial charge is 0.0705 e. The highest BCUT2D eigenvalue weighted by molar-refractivity contribution is 5.78. The molecule has 1 aromatic heterocycles. The molecular weight excluding hydrogens is 236 g/mol. The molecule has 2 N–H and O–H groups in total. The topological polar surface area (TPSA) is 45.1 Å². The van der Waals surface area contributed by atoms with Gasteiger partial charge in [-0.3, -0.25) is 4.98 Å². The van der Waals surface area contributed by atoms with E-state index < -0.39 is 0 Å². The largest absolute Gasteiger partial charge is 0.396 e. The van der Waals surface area contributed by atoms with Gasteiger partial charge in [-0.05, 0) is 37.4 Å². The number of hydrogen-bond donors (Lipinski definition) is 2. The van der Waals surface area contributed by atoms with E-state index >= 15 is 0 Å². The zero-order chi connectivity index (χ0) is 13.5. The molecular formula is C16H22N2O. The van der Waals surface area contributed by atoms with Crippen molar-refractivity contribution in [3.05, 3.63) is 42.1 Å². The third-order valence-electron chi connectivity index (χ3n) is 3.32. The summed E-state index contributed by atoms with van der Waals surface area (Å²) >= 11 is 0. The molecule has 0 saturated heterocycles. The highest BCUT2D eigenvalue weighted by Crippen LogP contribution is 2.11. The fourth-order valence-electron chi connectivity index (χ4n) is 2.09. The van der Waals surface area contributed by atoms with Crippen molar-refractivity contribution in [3.63, 3.8) is 0 Å². The first-order valence-corrected chi connectivity index (χ1v) is 6.96. The van der Waals surface area contributed by atoms with E-state index in [2.05, 4.69) is 35.4 Å². The van der Waals surface area contributed by atoms with Crippen LogP contribution in [0.15, 0.2) is 36.4 Å². The number of nitrogens with zero attached hydrogens (tertiary/aromatic N) is 1. The number of nitrogens with one attached hydrogen (secondary N) is 1. The van der Waals surface area contributed by atoms with Crippen molar-refractivity contribution >= 4 is 10.9 Å². The Bertz CT molecular complexity index is 513. The number of aliphatic hydroxyl groups is 1. The Morgan fingerprint density at radius 2 is 2.05 bits per heavy atom. The lowest BCUT2D eigenvalue weighted by atomic mass is 10.1. The van der Waals surface area contributed by atoms with Gasteiger partial charge in [0, 0.05) is 18.5 Å². The molecule has 1 unspecified atom stereocenters. The molecule has 0 radical (unpaired) electrons. The molecule has 0 aliphatic rings. The Balaban J connectivity index is 1.78. The minimum absolute atomic E-state index is 0.284. The van der Waals surface area contributed by atoms with Gasteiger partial charge < -0.3 is 10.4 Å². The van der Waals surface area contributed by atoms with Crippen molar-refractivity contribution in [2.75, 3.05) is 13.2 Å². The molecule has 1 aromatic carbocycles. The summed E-state index contributed by atoms with van der Waals surface area (Å²) in [6.45, 7) is 4.13. The van der Waals surface area contributed by atoms with Gasteiger partial charge in [0.25, 0.3) is 0 Å². The molecule has 0 spiro atoms. The fourth-order valence-corrected chi connectivity index (χ4v) is 2.09. The highest BCUT2D eigenvalue weighted by Gasteiger charge is 2.00. The standard InChI is InChI=1S/C16H22N2O/c1-13(12-19)5-4-10-17-11-15-9-8-14-6-2-3-7-16(14)18-15/h2-3,6-9,13,17,19H,4-5,10-12H2,1H3. The van der Waals surface area contributed by atoms with Crippen LogP contribution in [0.1, 0.15) is 25.5 Å².